The SMILES string of the molecule is C[C@H]1O[C@H](O[C@H]2C[C@H]3OC(C)(C(F)(F)F)OC[C@]34[C@H]3CC[C@]5(CO)[C@H]([C@@H]6COC(=O)C6)CC[C@]5(O)[C@@H]3CC[C@]4(O)C2)[C@H]2OC(C)(C)O[C@H]2[C@@H]1O. The van der Waals surface area contributed by atoms with Crippen molar-refractivity contribution in [3.63, 3.8) is 0 Å². The Hall–Kier alpha value is -1.14. The highest BCUT2D eigenvalue weighted by molar-refractivity contribution is 5.71. The normalized spacial score (nSPS) is 55.7. The van der Waals surface area contributed by atoms with Crippen molar-refractivity contribution in [3.8, 4) is 0 Å². The molecule has 4 heterocycles. The van der Waals surface area contributed by atoms with Crippen molar-refractivity contribution in [2.75, 3.05) is 19.8 Å². The molecule has 4 aliphatic carbocycles. The van der Waals surface area contributed by atoms with Crippen LogP contribution >= 0.6 is 0 Å². The molecular formula is C35H51F3O12. The maximum atomic E-state index is 14.5. The quantitative estimate of drug-likeness (QED) is 0.249. The summed E-state index contributed by atoms with van der Waals surface area (Å²) in [6, 6.07) is 0. The van der Waals surface area contributed by atoms with Crippen LogP contribution in [0.2, 0.25) is 0 Å². The minimum absolute atomic E-state index is 0.0211. The first-order valence-electron chi connectivity index (χ1n) is 18.3. The van der Waals surface area contributed by atoms with Gasteiger partial charge in [0, 0.05) is 24.2 Å². The lowest BCUT2D eigenvalue weighted by Gasteiger charge is -2.70. The van der Waals surface area contributed by atoms with Crippen LogP contribution in [0.1, 0.15) is 85.5 Å². The highest BCUT2D eigenvalue weighted by Gasteiger charge is 2.77. The van der Waals surface area contributed by atoms with Crippen molar-refractivity contribution in [2.45, 2.75) is 157 Å². The van der Waals surface area contributed by atoms with Gasteiger partial charge in [0.2, 0.25) is 0 Å². The zero-order chi connectivity index (χ0) is 35.9. The van der Waals surface area contributed by atoms with Gasteiger partial charge in [-0.2, -0.15) is 13.2 Å². The van der Waals surface area contributed by atoms with Gasteiger partial charge in [0.25, 0.3) is 5.79 Å². The van der Waals surface area contributed by atoms with Gasteiger partial charge in [-0.25, -0.2) is 0 Å². The van der Waals surface area contributed by atoms with Crippen LogP contribution in [0.25, 0.3) is 0 Å². The van der Waals surface area contributed by atoms with Gasteiger partial charge in [-0.1, -0.05) is 0 Å². The number of ether oxygens (including phenoxy) is 7. The Bertz CT molecular complexity index is 1370. The summed E-state index contributed by atoms with van der Waals surface area (Å²) in [4.78, 5) is 12.1. The molecular weight excluding hydrogens is 669 g/mol. The number of aliphatic hydroxyl groups excluding tert-OH is 2. The minimum Gasteiger partial charge on any atom is -0.465 e. The standard InChI is InChI=1S/C35H51F3O12/c1-17-25(41)26-27(50-29(2,3)49-26)28(46-17)47-19-12-23-33(16-45-30(4,48-23)35(36,37)38)21-5-8-31(15-39)20(18-11-24(40)44-14-18)7-10-34(31,43)22(21)6-9-32(33,42)13-19/h17-23,25-28,39,41-43H,5-16H2,1-4H3/t17-,18+,19+,20+,21+,22-,23-,25-,26+,27+,28-,30?,31+,32+,33+,34+/m1/s1. The molecule has 1 unspecified atom stereocenters. The third-order valence-corrected chi connectivity index (χ3v) is 14.6. The first-order valence-corrected chi connectivity index (χ1v) is 18.3. The monoisotopic (exact) mass is 720 g/mol. The predicted molar refractivity (Wildman–Crippen MR) is 163 cm³/mol. The number of aliphatic hydroxyl groups is 4. The minimum atomic E-state index is -4.88. The van der Waals surface area contributed by atoms with E-state index in [-0.39, 0.29) is 56.7 Å². The van der Waals surface area contributed by atoms with E-state index in [4.69, 9.17) is 33.2 Å². The Kier molecular flexibility index (Phi) is 8.20. The molecule has 0 radical (unpaired) electrons. The summed E-state index contributed by atoms with van der Waals surface area (Å²) < 4.78 is 85.1. The van der Waals surface area contributed by atoms with Gasteiger partial charge in [0.1, 0.15) is 18.3 Å². The summed E-state index contributed by atoms with van der Waals surface area (Å²) in [5, 5.41) is 47.4. The van der Waals surface area contributed by atoms with E-state index in [1.165, 1.54) is 0 Å². The van der Waals surface area contributed by atoms with Crippen LogP contribution in [0.4, 0.5) is 13.2 Å². The molecule has 1 spiro atoms. The predicted octanol–water partition coefficient (Wildman–Crippen LogP) is 2.71. The van der Waals surface area contributed by atoms with Crippen LogP contribution in [-0.2, 0) is 38.0 Å². The van der Waals surface area contributed by atoms with Crippen molar-refractivity contribution in [1.82, 2.24) is 0 Å². The molecule has 8 rings (SSSR count). The summed E-state index contributed by atoms with van der Waals surface area (Å²) in [7, 11) is 0. The number of carbonyl (C=O) groups excluding carboxylic acids is 1. The molecule has 0 bridgehead atoms. The Morgan fingerprint density at radius 3 is 2.34 bits per heavy atom. The largest absolute Gasteiger partial charge is 0.465 e. The van der Waals surface area contributed by atoms with E-state index in [9.17, 15) is 38.4 Å². The van der Waals surface area contributed by atoms with E-state index in [1.54, 1.807) is 20.8 Å². The maximum Gasteiger partial charge on any atom is 0.442 e. The summed E-state index contributed by atoms with van der Waals surface area (Å²) in [5.74, 6) is -5.54. The van der Waals surface area contributed by atoms with Gasteiger partial charge < -0.3 is 53.6 Å². The van der Waals surface area contributed by atoms with E-state index < -0.39 is 101 Å². The molecule has 16 atom stereocenters. The fourth-order valence-corrected chi connectivity index (χ4v) is 12.2. The van der Waals surface area contributed by atoms with Crippen LogP contribution in [0.15, 0.2) is 0 Å². The van der Waals surface area contributed by atoms with E-state index in [0.717, 1.165) is 6.92 Å². The second-order valence-corrected chi connectivity index (χ2v) is 17.2. The third kappa shape index (κ3) is 4.83. The number of hydrogen-bond donors (Lipinski definition) is 4. The van der Waals surface area contributed by atoms with Gasteiger partial charge in [0.05, 0.1) is 61.2 Å². The molecule has 8 fully saturated rings. The smallest absolute Gasteiger partial charge is 0.442 e. The van der Waals surface area contributed by atoms with Crippen LogP contribution in [0.3, 0.4) is 0 Å². The molecule has 0 aromatic carbocycles. The van der Waals surface area contributed by atoms with Crippen molar-refractivity contribution in [3.05, 3.63) is 0 Å². The number of carbonyl (C=O) groups is 1. The molecule has 4 saturated carbocycles. The lowest BCUT2D eigenvalue weighted by Crippen LogP contribution is -2.77. The Balaban J connectivity index is 1.12. The van der Waals surface area contributed by atoms with Gasteiger partial charge in [0.15, 0.2) is 12.1 Å². The number of cyclic esters (lactones) is 1. The summed E-state index contributed by atoms with van der Waals surface area (Å²) in [6.45, 7) is 5.45. The molecule has 15 heteroatoms. The van der Waals surface area contributed by atoms with E-state index in [1.807, 2.05) is 0 Å². The molecule has 8 aliphatic rings. The number of halogens is 3. The second kappa shape index (κ2) is 11.4. The zero-order valence-corrected chi connectivity index (χ0v) is 29.0. The molecule has 4 N–H and O–H groups in total. The van der Waals surface area contributed by atoms with Crippen LogP contribution in [0.5, 0.6) is 0 Å². The topological polar surface area (TPSA) is 163 Å². The first kappa shape index (κ1) is 35.9. The third-order valence-electron chi connectivity index (χ3n) is 14.6. The Morgan fingerprint density at radius 2 is 1.66 bits per heavy atom. The van der Waals surface area contributed by atoms with Crippen molar-refractivity contribution < 1.29 is 71.5 Å². The van der Waals surface area contributed by atoms with Crippen LogP contribution in [0, 0.1) is 34.5 Å². The molecule has 0 aromatic heterocycles. The highest BCUT2D eigenvalue weighted by atomic mass is 19.4. The van der Waals surface area contributed by atoms with E-state index in [0.29, 0.717) is 32.1 Å². The average molecular weight is 721 g/mol. The maximum absolute atomic E-state index is 14.5. The molecule has 4 aliphatic heterocycles. The summed E-state index contributed by atoms with van der Waals surface area (Å²) >= 11 is 0. The van der Waals surface area contributed by atoms with Gasteiger partial charge in [-0.15, -0.1) is 0 Å². The summed E-state index contributed by atoms with van der Waals surface area (Å²) in [5.41, 5.74) is -5.22. The number of rotatable bonds is 4. The van der Waals surface area contributed by atoms with Gasteiger partial charge in [-0.3, -0.25) is 4.79 Å². The van der Waals surface area contributed by atoms with Gasteiger partial charge in [-0.05, 0) is 84.0 Å². The number of hydrogen-bond acceptors (Lipinski definition) is 12. The molecule has 50 heavy (non-hydrogen) atoms. The van der Waals surface area contributed by atoms with Crippen molar-refractivity contribution in [1.29, 1.82) is 0 Å². The van der Waals surface area contributed by atoms with E-state index >= 15 is 0 Å². The highest BCUT2D eigenvalue weighted by Crippen LogP contribution is 2.72. The fraction of sp³-hybridized carbons (Fsp3) is 0.971. The Morgan fingerprint density at radius 1 is 0.960 bits per heavy atom. The zero-order valence-electron chi connectivity index (χ0n) is 29.0. The number of alkyl halides is 3. The van der Waals surface area contributed by atoms with Crippen molar-refractivity contribution >= 4 is 5.97 Å². The first-order chi connectivity index (χ1) is 23.3. The van der Waals surface area contributed by atoms with Gasteiger partial charge >= 0.3 is 12.1 Å². The lowest BCUT2D eigenvalue weighted by molar-refractivity contribution is -0.459. The number of esters is 1. The molecule has 0 amide bonds. The molecule has 4 saturated heterocycles. The molecule has 0 aromatic rings. The Labute approximate surface area is 289 Å². The molecule has 284 valence electrons. The summed E-state index contributed by atoms with van der Waals surface area (Å²) in [6.07, 6.45) is -8.69. The molecule has 12 nitrogen and oxygen atoms in total. The fourth-order valence-electron chi connectivity index (χ4n) is 12.2. The van der Waals surface area contributed by atoms with E-state index in [2.05, 4.69) is 0 Å². The van der Waals surface area contributed by atoms with Crippen molar-refractivity contribution in [2.24, 2.45) is 34.5 Å². The average Bonchev–Trinajstić information content (AvgIpc) is 3.70. The van der Waals surface area contributed by atoms with Crippen LogP contribution in [-0.4, -0.2) is 118 Å². The second-order valence-electron chi connectivity index (χ2n) is 17.2. The lowest BCUT2D eigenvalue weighted by atomic mass is 9.40. The number of fused-ring (bicyclic) bond motifs is 4. The van der Waals surface area contributed by atoms with Crippen LogP contribution < -0.4 is 0 Å².